The summed E-state index contributed by atoms with van der Waals surface area (Å²) in [5, 5.41) is 18.4. The number of aliphatic hydroxyl groups is 2. The molecule has 0 saturated carbocycles. The van der Waals surface area contributed by atoms with Crippen molar-refractivity contribution < 1.29 is 14.9 Å². The van der Waals surface area contributed by atoms with Crippen LogP contribution in [-0.2, 0) is 6.42 Å². The minimum atomic E-state index is -0.502. The normalized spacial score (nSPS) is 12.2. The van der Waals surface area contributed by atoms with Crippen molar-refractivity contribution in [3.63, 3.8) is 0 Å². The van der Waals surface area contributed by atoms with Crippen LogP contribution in [0.5, 0.6) is 11.5 Å². The zero-order valence-corrected chi connectivity index (χ0v) is 12.8. The van der Waals surface area contributed by atoms with Crippen LogP contribution in [0.1, 0.15) is 24.2 Å². The molecule has 0 radical (unpaired) electrons. The molecule has 1 atom stereocenters. The molecule has 2 aromatic carbocycles. The van der Waals surface area contributed by atoms with Gasteiger partial charge in [0.05, 0.1) is 10.6 Å². The molecule has 0 aliphatic heterocycles. The molecule has 2 aromatic rings. The van der Waals surface area contributed by atoms with E-state index in [0.29, 0.717) is 12.2 Å². The summed E-state index contributed by atoms with van der Waals surface area (Å²) < 4.78 is 6.59. The van der Waals surface area contributed by atoms with Crippen LogP contribution < -0.4 is 4.74 Å². The zero-order chi connectivity index (χ0) is 14.5. The first kappa shape index (κ1) is 15.0. The van der Waals surface area contributed by atoms with Crippen LogP contribution in [0.3, 0.4) is 0 Å². The van der Waals surface area contributed by atoms with E-state index in [2.05, 4.69) is 15.9 Å². The lowest BCUT2D eigenvalue weighted by atomic mass is 10.1. The van der Waals surface area contributed by atoms with Gasteiger partial charge in [-0.05, 0) is 64.7 Å². The summed E-state index contributed by atoms with van der Waals surface area (Å²) in [6, 6.07) is 13.1. The van der Waals surface area contributed by atoms with Crippen molar-refractivity contribution >= 4 is 15.9 Å². The highest BCUT2D eigenvalue weighted by atomic mass is 79.9. The summed E-state index contributed by atoms with van der Waals surface area (Å²) in [4.78, 5) is 0. The van der Waals surface area contributed by atoms with E-state index < -0.39 is 6.10 Å². The van der Waals surface area contributed by atoms with Crippen LogP contribution >= 0.6 is 15.9 Å². The average molecular weight is 337 g/mol. The first-order valence-corrected chi connectivity index (χ1v) is 7.24. The molecule has 0 heterocycles. The fraction of sp³-hybridized carbons (Fsp3) is 0.250. The van der Waals surface area contributed by atoms with E-state index in [1.807, 2.05) is 42.5 Å². The van der Waals surface area contributed by atoms with E-state index in [-0.39, 0.29) is 6.61 Å². The van der Waals surface area contributed by atoms with Crippen molar-refractivity contribution in [1.29, 1.82) is 0 Å². The summed E-state index contributed by atoms with van der Waals surface area (Å²) in [5.41, 5.74) is 1.91. The van der Waals surface area contributed by atoms with Crippen LogP contribution in [0, 0.1) is 0 Å². The Morgan fingerprint density at radius 2 is 1.85 bits per heavy atom. The Balaban J connectivity index is 2.13. The number of hydrogen-bond donors (Lipinski definition) is 2. The predicted octanol–water partition coefficient (Wildman–Crippen LogP) is 3.83. The first-order valence-electron chi connectivity index (χ1n) is 6.45. The second kappa shape index (κ2) is 6.88. The summed E-state index contributed by atoms with van der Waals surface area (Å²) in [7, 11) is 0. The Morgan fingerprint density at radius 1 is 1.15 bits per heavy atom. The molecule has 20 heavy (non-hydrogen) atoms. The summed E-state index contributed by atoms with van der Waals surface area (Å²) >= 11 is 3.44. The molecule has 0 saturated heterocycles. The Labute approximate surface area is 127 Å². The molecule has 4 heteroatoms. The number of ether oxygens (including phenoxy) is 1. The van der Waals surface area contributed by atoms with Gasteiger partial charge in [-0.25, -0.2) is 0 Å². The monoisotopic (exact) mass is 336 g/mol. The van der Waals surface area contributed by atoms with Gasteiger partial charge < -0.3 is 14.9 Å². The maximum Gasteiger partial charge on any atom is 0.141 e. The minimum Gasteiger partial charge on any atom is -0.456 e. The standard InChI is InChI=1S/C16H17BrO3/c1-11(19)13-4-7-16(15(17)10-13)20-14-5-2-12(3-6-14)8-9-18/h2-7,10-11,18-19H,8-9H2,1H3/t11-/m0/s1. The average Bonchev–Trinajstić information content (AvgIpc) is 2.43. The molecule has 2 N–H and O–H groups in total. The third kappa shape index (κ3) is 3.82. The quantitative estimate of drug-likeness (QED) is 0.872. The maximum absolute atomic E-state index is 9.53. The molecule has 0 bridgehead atoms. The van der Waals surface area contributed by atoms with Gasteiger partial charge in [0.25, 0.3) is 0 Å². The van der Waals surface area contributed by atoms with Crippen molar-refractivity contribution in [2.75, 3.05) is 6.61 Å². The fourth-order valence-electron chi connectivity index (χ4n) is 1.84. The molecular formula is C16H17BrO3. The van der Waals surface area contributed by atoms with Gasteiger partial charge in [-0.3, -0.25) is 0 Å². The van der Waals surface area contributed by atoms with Gasteiger partial charge in [-0.1, -0.05) is 18.2 Å². The lowest BCUT2D eigenvalue weighted by Gasteiger charge is -2.11. The lowest BCUT2D eigenvalue weighted by molar-refractivity contribution is 0.199. The van der Waals surface area contributed by atoms with Crippen LogP contribution in [0.15, 0.2) is 46.9 Å². The van der Waals surface area contributed by atoms with Crippen molar-refractivity contribution in [1.82, 2.24) is 0 Å². The third-order valence-electron chi connectivity index (χ3n) is 2.99. The number of rotatable bonds is 5. The summed E-state index contributed by atoms with van der Waals surface area (Å²) in [6.07, 6.45) is 0.144. The fourth-order valence-corrected chi connectivity index (χ4v) is 2.32. The van der Waals surface area contributed by atoms with Crippen molar-refractivity contribution in [3.8, 4) is 11.5 Å². The Kier molecular flexibility index (Phi) is 5.17. The summed E-state index contributed by atoms with van der Waals surface area (Å²) in [6.45, 7) is 1.87. The molecule has 0 unspecified atom stereocenters. The Morgan fingerprint density at radius 3 is 2.40 bits per heavy atom. The van der Waals surface area contributed by atoms with Crippen LogP contribution in [0.25, 0.3) is 0 Å². The van der Waals surface area contributed by atoms with Gasteiger partial charge in [0.2, 0.25) is 0 Å². The molecule has 2 rings (SSSR count). The maximum atomic E-state index is 9.53. The van der Waals surface area contributed by atoms with Crippen molar-refractivity contribution in [3.05, 3.63) is 58.1 Å². The molecule has 0 aliphatic carbocycles. The highest BCUT2D eigenvalue weighted by Crippen LogP contribution is 2.32. The van der Waals surface area contributed by atoms with Gasteiger partial charge in [-0.2, -0.15) is 0 Å². The highest BCUT2D eigenvalue weighted by Gasteiger charge is 2.07. The molecule has 3 nitrogen and oxygen atoms in total. The van der Waals surface area contributed by atoms with E-state index in [1.165, 1.54) is 0 Å². The minimum absolute atomic E-state index is 0.145. The smallest absolute Gasteiger partial charge is 0.141 e. The zero-order valence-electron chi connectivity index (χ0n) is 11.2. The third-order valence-corrected chi connectivity index (χ3v) is 3.61. The lowest BCUT2D eigenvalue weighted by Crippen LogP contribution is -1.93. The van der Waals surface area contributed by atoms with Gasteiger partial charge in [-0.15, -0.1) is 0 Å². The Hall–Kier alpha value is -1.36. The molecule has 0 aromatic heterocycles. The van der Waals surface area contributed by atoms with Gasteiger partial charge >= 0.3 is 0 Å². The van der Waals surface area contributed by atoms with Crippen LogP contribution in [0.2, 0.25) is 0 Å². The second-order valence-corrected chi connectivity index (χ2v) is 5.44. The van der Waals surface area contributed by atoms with E-state index in [4.69, 9.17) is 9.84 Å². The number of halogens is 1. The van der Waals surface area contributed by atoms with E-state index in [1.54, 1.807) is 6.92 Å². The number of aliphatic hydroxyl groups excluding tert-OH is 2. The second-order valence-electron chi connectivity index (χ2n) is 4.59. The molecule has 0 fully saturated rings. The predicted molar refractivity (Wildman–Crippen MR) is 82.1 cm³/mol. The van der Waals surface area contributed by atoms with E-state index in [0.717, 1.165) is 21.3 Å². The van der Waals surface area contributed by atoms with Crippen molar-refractivity contribution in [2.24, 2.45) is 0 Å². The molecular weight excluding hydrogens is 320 g/mol. The van der Waals surface area contributed by atoms with Gasteiger partial charge in [0.1, 0.15) is 11.5 Å². The molecule has 0 spiro atoms. The summed E-state index contributed by atoms with van der Waals surface area (Å²) in [5.74, 6) is 1.43. The molecule has 0 aliphatic rings. The van der Waals surface area contributed by atoms with E-state index in [9.17, 15) is 5.11 Å². The largest absolute Gasteiger partial charge is 0.456 e. The highest BCUT2D eigenvalue weighted by molar-refractivity contribution is 9.10. The topological polar surface area (TPSA) is 49.7 Å². The van der Waals surface area contributed by atoms with E-state index >= 15 is 0 Å². The number of hydrogen-bond acceptors (Lipinski definition) is 3. The van der Waals surface area contributed by atoms with Gasteiger partial charge in [0, 0.05) is 6.61 Å². The van der Waals surface area contributed by atoms with Gasteiger partial charge in [0.15, 0.2) is 0 Å². The van der Waals surface area contributed by atoms with Crippen molar-refractivity contribution in [2.45, 2.75) is 19.4 Å². The number of benzene rings is 2. The Bertz CT molecular complexity index is 564. The molecule has 106 valence electrons. The molecule has 0 amide bonds. The van der Waals surface area contributed by atoms with Crippen LogP contribution in [0.4, 0.5) is 0 Å². The SMILES string of the molecule is C[C@H](O)c1ccc(Oc2ccc(CCO)cc2)c(Br)c1. The van der Waals surface area contributed by atoms with Crippen LogP contribution in [-0.4, -0.2) is 16.8 Å². The first-order chi connectivity index (χ1) is 9.60.